The molecule has 2 aliphatic heterocycles. The van der Waals surface area contributed by atoms with Crippen LogP contribution >= 0.6 is 11.6 Å². The van der Waals surface area contributed by atoms with Gasteiger partial charge in [0.25, 0.3) is 0 Å². The number of benzene rings is 2. The van der Waals surface area contributed by atoms with Crippen LogP contribution in [0.4, 0.5) is 0 Å². The van der Waals surface area contributed by atoms with Crippen LogP contribution < -0.4 is 4.74 Å². The first-order chi connectivity index (χ1) is 13.9. The van der Waals surface area contributed by atoms with Crippen LogP contribution in [-0.4, -0.2) is 58.6 Å². The van der Waals surface area contributed by atoms with Crippen LogP contribution in [-0.2, 0) is 28.3 Å². The van der Waals surface area contributed by atoms with Crippen LogP contribution in [0, 0.1) is 0 Å². The van der Waals surface area contributed by atoms with Crippen molar-refractivity contribution < 1.29 is 34.6 Å². The molecule has 0 bridgehead atoms. The van der Waals surface area contributed by atoms with Gasteiger partial charge in [-0.3, -0.25) is 0 Å². The zero-order chi connectivity index (χ0) is 20.8. The van der Waals surface area contributed by atoms with E-state index < -0.39 is 36.8 Å². The van der Waals surface area contributed by atoms with Crippen molar-refractivity contribution in [2.24, 2.45) is 0 Å². The Balaban J connectivity index is 1.71. The van der Waals surface area contributed by atoms with Crippen LogP contribution in [0.2, 0.25) is 5.02 Å². The van der Waals surface area contributed by atoms with Gasteiger partial charge in [-0.2, -0.15) is 0 Å². The molecule has 2 aromatic rings. The lowest BCUT2D eigenvalue weighted by Crippen LogP contribution is -2.63. The second kappa shape index (κ2) is 7.85. The lowest BCUT2D eigenvalue weighted by Gasteiger charge is -2.46. The second-order valence-electron chi connectivity index (χ2n) is 7.35. The molecule has 1 unspecified atom stereocenters. The van der Waals surface area contributed by atoms with Crippen molar-refractivity contribution in [2.45, 2.75) is 43.2 Å². The average Bonchev–Trinajstić information content (AvgIpc) is 3.08. The number of aliphatic hydroxyl groups excluding tert-OH is 4. The van der Waals surface area contributed by atoms with E-state index >= 15 is 0 Å². The Morgan fingerprint density at radius 1 is 1.14 bits per heavy atom. The molecule has 1 fully saturated rings. The lowest BCUT2D eigenvalue weighted by atomic mass is 9.86. The van der Waals surface area contributed by atoms with Crippen molar-refractivity contribution in [1.82, 2.24) is 0 Å². The van der Waals surface area contributed by atoms with Gasteiger partial charge in [0, 0.05) is 10.6 Å². The Bertz CT molecular complexity index is 885. The quantitative estimate of drug-likeness (QED) is 0.584. The molecular weight excluding hydrogens is 400 g/mol. The smallest absolute Gasteiger partial charge is 0.225 e. The molecule has 0 amide bonds. The van der Waals surface area contributed by atoms with E-state index in [1.165, 1.54) is 0 Å². The van der Waals surface area contributed by atoms with Crippen molar-refractivity contribution in [3.8, 4) is 5.75 Å². The molecule has 4 rings (SSSR count). The van der Waals surface area contributed by atoms with Gasteiger partial charge in [-0.1, -0.05) is 23.7 Å². The fourth-order valence-corrected chi connectivity index (χ4v) is 4.20. The summed E-state index contributed by atoms with van der Waals surface area (Å²) in [4.78, 5) is 0. The largest absolute Gasteiger partial charge is 0.497 e. The van der Waals surface area contributed by atoms with Crippen LogP contribution in [0.1, 0.15) is 22.3 Å². The Morgan fingerprint density at radius 2 is 1.86 bits per heavy atom. The van der Waals surface area contributed by atoms with Gasteiger partial charge in [-0.05, 0) is 47.4 Å². The van der Waals surface area contributed by atoms with Crippen LogP contribution in [0.15, 0.2) is 36.4 Å². The van der Waals surface area contributed by atoms with E-state index in [9.17, 15) is 20.4 Å². The molecule has 1 spiro atoms. The van der Waals surface area contributed by atoms with E-state index in [2.05, 4.69) is 0 Å². The maximum atomic E-state index is 10.7. The Kier molecular flexibility index (Phi) is 5.56. The minimum absolute atomic E-state index is 0.121. The highest BCUT2D eigenvalue weighted by Crippen LogP contribution is 2.47. The number of fused-ring (bicyclic) bond motifs is 2. The summed E-state index contributed by atoms with van der Waals surface area (Å²) in [6, 6.07) is 11.1. The number of halogens is 1. The van der Waals surface area contributed by atoms with Gasteiger partial charge in [0.1, 0.15) is 30.2 Å². The second-order valence-corrected chi connectivity index (χ2v) is 7.75. The van der Waals surface area contributed by atoms with Gasteiger partial charge in [0.05, 0.1) is 20.3 Å². The number of ether oxygens (including phenoxy) is 3. The van der Waals surface area contributed by atoms with Gasteiger partial charge < -0.3 is 34.6 Å². The highest BCUT2D eigenvalue weighted by molar-refractivity contribution is 6.31. The topological polar surface area (TPSA) is 109 Å². The summed E-state index contributed by atoms with van der Waals surface area (Å²) in [7, 11) is 1.60. The van der Waals surface area contributed by atoms with Crippen molar-refractivity contribution in [2.75, 3.05) is 13.7 Å². The molecule has 8 heteroatoms. The number of hydrogen-bond acceptors (Lipinski definition) is 7. The molecule has 0 radical (unpaired) electrons. The number of aliphatic hydroxyl groups is 4. The summed E-state index contributed by atoms with van der Waals surface area (Å²) in [5, 5.41) is 41.1. The van der Waals surface area contributed by atoms with Gasteiger partial charge in [0.15, 0.2) is 0 Å². The van der Waals surface area contributed by atoms with Crippen molar-refractivity contribution >= 4 is 11.6 Å². The van der Waals surface area contributed by atoms with E-state index in [1.54, 1.807) is 19.2 Å². The molecule has 156 valence electrons. The molecule has 2 heterocycles. The molecule has 0 aromatic heterocycles. The standard InChI is InChI=1S/C21H23ClO7/c1-27-14-4-2-11(3-5-14)6-12-7-15-13(8-16(12)22)10-28-21(15)20(26)19(25)18(24)17(9-23)29-21/h2-5,7-8,17-20,23-26H,6,9-10H2,1H3/t17-,18-,19+,20-,21?/m1/s1. The summed E-state index contributed by atoms with van der Waals surface area (Å²) in [6.07, 6.45) is -5.07. The number of rotatable bonds is 4. The normalized spacial score (nSPS) is 31.1. The highest BCUT2D eigenvalue weighted by Gasteiger charge is 2.58. The molecule has 0 saturated carbocycles. The molecule has 4 N–H and O–H groups in total. The maximum absolute atomic E-state index is 10.7. The van der Waals surface area contributed by atoms with Gasteiger partial charge >= 0.3 is 0 Å². The lowest BCUT2D eigenvalue weighted by molar-refractivity contribution is -0.368. The first-order valence-electron chi connectivity index (χ1n) is 9.31. The first kappa shape index (κ1) is 20.6. The summed E-state index contributed by atoms with van der Waals surface area (Å²) >= 11 is 6.47. The predicted molar refractivity (Wildman–Crippen MR) is 104 cm³/mol. The summed E-state index contributed by atoms with van der Waals surface area (Å²) in [5.41, 5.74) is 3.04. The molecule has 2 aliphatic rings. The zero-order valence-electron chi connectivity index (χ0n) is 15.8. The molecule has 29 heavy (non-hydrogen) atoms. The first-order valence-corrected chi connectivity index (χ1v) is 9.69. The molecular formula is C21H23ClO7. The van der Waals surface area contributed by atoms with Gasteiger partial charge in [-0.25, -0.2) is 0 Å². The summed E-state index contributed by atoms with van der Waals surface area (Å²) < 4.78 is 16.7. The van der Waals surface area contributed by atoms with E-state index in [4.69, 9.17) is 25.8 Å². The minimum Gasteiger partial charge on any atom is -0.497 e. The van der Waals surface area contributed by atoms with Crippen LogP contribution in [0.5, 0.6) is 5.75 Å². The van der Waals surface area contributed by atoms with Crippen LogP contribution in [0.3, 0.4) is 0 Å². The Morgan fingerprint density at radius 3 is 2.52 bits per heavy atom. The molecule has 0 aliphatic carbocycles. The minimum atomic E-state index is -1.68. The molecule has 2 aromatic carbocycles. The van der Waals surface area contributed by atoms with E-state index in [0.717, 1.165) is 16.9 Å². The molecule has 5 atom stereocenters. The Labute approximate surface area is 173 Å². The maximum Gasteiger partial charge on any atom is 0.225 e. The number of hydrogen-bond donors (Lipinski definition) is 4. The third kappa shape index (κ3) is 3.43. The van der Waals surface area contributed by atoms with E-state index in [1.807, 2.05) is 24.3 Å². The fraction of sp³-hybridized carbons (Fsp3) is 0.429. The Hall–Kier alpha value is -1.71. The predicted octanol–water partition coefficient (Wildman–Crippen LogP) is 1.10. The summed E-state index contributed by atoms with van der Waals surface area (Å²) in [6.45, 7) is -0.409. The van der Waals surface area contributed by atoms with Crippen molar-refractivity contribution in [3.63, 3.8) is 0 Å². The summed E-state index contributed by atoms with van der Waals surface area (Å²) in [5.74, 6) is -0.928. The van der Waals surface area contributed by atoms with Gasteiger partial charge in [-0.15, -0.1) is 0 Å². The third-order valence-corrected chi connectivity index (χ3v) is 5.95. The van der Waals surface area contributed by atoms with Crippen LogP contribution in [0.25, 0.3) is 0 Å². The van der Waals surface area contributed by atoms with E-state index in [-0.39, 0.29) is 6.61 Å². The zero-order valence-corrected chi connectivity index (χ0v) is 16.5. The van der Waals surface area contributed by atoms with Crippen molar-refractivity contribution in [3.05, 3.63) is 63.7 Å². The van der Waals surface area contributed by atoms with Gasteiger partial charge in [0.2, 0.25) is 5.79 Å². The third-order valence-electron chi connectivity index (χ3n) is 5.59. The SMILES string of the molecule is COc1ccc(Cc2cc3c(cc2Cl)COC32O[C@H](CO)[C@@H](O)[C@H](O)[C@H]2O)cc1. The monoisotopic (exact) mass is 422 g/mol. The highest BCUT2D eigenvalue weighted by atomic mass is 35.5. The average molecular weight is 423 g/mol. The fourth-order valence-electron chi connectivity index (χ4n) is 3.95. The number of methoxy groups -OCH3 is 1. The molecule has 1 saturated heterocycles. The van der Waals surface area contributed by atoms with E-state index in [0.29, 0.717) is 22.6 Å². The van der Waals surface area contributed by atoms with Crippen molar-refractivity contribution in [1.29, 1.82) is 0 Å². The molecule has 7 nitrogen and oxygen atoms in total.